The Kier molecular flexibility index (Phi) is 3.90. The van der Waals surface area contributed by atoms with E-state index in [0.717, 1.165) is 13.0 Å². The lowest BCUT2D eigenvalue weighted by atomic mass is 9.76. The first-order valence-electron chi connectivity index (χ1n) is 6.56. The molecule has 2 aliphatic rings. The van der Waals surface area contributed by atoms with Gasteiger partial charge in [0.05, 0.1) is 11.5 Å². The zero-order valence-corrected chi connectivity index (χ0v) is 10.9. The molecule has 94 valence electrons. The van der Waals surface area contributed by atoms with Crippen molar-refractivity contribution in [3.63, 3.8) is 0 Å². The summed E-state index contributed by atoms with van der Waals surface area (Å²) in [5.74, 6) is 1.90. The van der Waals surface area contributed by atoms with Crippen LogP contribution in [0.5, 0.6) is 0 Å². The molecular weight excluding hydrogens is 222 g/mol. The normalized spacial score (nSPS) is 38.7. The summed E-state index contributed by atoms with van der Waals surface area (Å²) in [5, 5.41) is 3.54. The van der Waals surface area contributed by atoms with Crippen molar-refractivity contribution in [2.75, 3.05) is 18.1 Å². The molecule has 1 saturated heterocycles. The van der Waals surface area contributed by atoms with E-state index in [0.29, 0.717) is 29.4 Å². The van der Waals surface area contributed by atoms with Gasteiger partial charge in [0.15, 0.2) is 9.84 Å². The summed E-state index contributed by atoms with van der Waals surface area (Å²) in [5.41, 5.74) is 0. The zero-order valence-electron chi connectivity index (χ0n) is 10.1. The zero-order chi connectivity index (χ0) is 11.6. The predicted molar refractivity (Wildman–Crippen MR) is 66.2 cm³/mol. The standard InChI is InChI=1S/C12H23NO2S/c1-2-13-12-6-4-3-5-11(12)10-7-8-16(14,15)9-10/h10-13H,2-9H2,1H3. The van der Waals surface area contributed by atoms with Crippen molar-refractivity contribution in [2.45, 2.75) is 45.1 Å². The van der Waals surface area contributed by atoms with E-state index in [4.69, 9.17) is 0 Å². The van der Waals surface area contributed by atoms with Crippen LogP contribution in [0.1, 0.15) is 39.0 Å². The van der Waals surface area contributed by atoms with E-state index in [1.165, 1.54) is 25.7 Å². The molecule has 3 unspecified atom stereocenters. The van der Waals surface area contributed by atoms with Crippen LogP contribution < -0.4 is 5.32 Å². The molecular formula is C12H23NO2S. The fourth-order valence-corrected chi connectivity index (χ4v) is 5.30. The first kappa shape index (κ1) is 12.4. The second-order valence-electron chi connectivity index (χ2n) is 5.28. The van der Waals surface area contributed by atoms with E-state index in [1.54, 1.807) is 0 Å². The lowest BCUT2D eigenvalue weighted by Gasteiger charge is -2.35. The third-order valence-corrected chi connectivity index (χ3v) is 5.95. The summed E-state index contributed by atoms with van der Waals surface area (Å²) in [6.45, 7) is 3.14. The highest BCUT2D eigenvalue weighted by molar-refractivity contribution is 7.91. The first-order chi connectivity index (χ1) is 7.62. The number of nitrogens with one attached hydrogen (secondary N) is 1. The third-order valence-electron chi connectivity index (χ3n) is 4.16. The minimum Gasteiger partial charge on any atom is -0.314 e. The lowest BCUT2D eigenvalue weighted by molar-refractivity contribution is 0.201. The van der Waals surface area contributed by atoms with Gasteiger partial charge in [-0.15, -0.1) is 0 Å². The quantitative estimate of drug-likeness (QED) is 0.821. The molecule has 3 atom stereocenters. The van der Waals surface area contributed by atoms with Crippen LogP contribution in [0.25, 0.3) is 0 Å². The fourth-order valence-electron chi connectivity index (χ4n) is 3.40. The average Bonchev–Trinajstić information content (AvgIpc) is 2.60. The van der Waals surface area contributed by atoms with Crippen molar-refractivity contribution in [1.29, 1.82) is 0 Å². The molecule has 2 rings (SSSR count). The Morgan fingerprint density at radius 1 is 1.19 bits per heavy atom. The number of sulfone groups is 1. The molecule has 0 spiro atoms. The number of hydrogen-bond acceptors (Lipinski definition) is 3. The highest BCUT2D eigenvalue weighted by Gasteiger charge is 2.38. The Morgan fingerprint density at radius 2 is 1.94 bits per heavy atom. The Balaban J connectivity index is 2.00. The maximum atomic E-state index is 11.5. The minimum absolute atomic E-state index is 0.424. The molecule has 16 heavy (non-hydrogen) atoms. The average molecular weight is 245 g/mol. The second kappa shape index (κ2) is 5.05. The lowest BCUT2D eigenvalue weighted by Crippen LogP contribution is -2.42. The number of hydrogen-bond donors (Lipinski definition) is 1. The monoisotopic (exact) mass is 245 g/mol. The largest absolute Gasteiger partial charge is 0.314 e. The Labute approximate surface area is 98.9 Å². The molecule has 1 aliphatic carbocycles. The highest BCUT2D eigenvalue weighted by Crippen LogP contribution is 2.36. The summed E-state index contributed by atoms with van der Waals surface area (Å²) >= 11 is 0. The highest BCUT2D eigenvalue weighted by atomic mass is 32.2. The van der Waals surface area contributed by atoms with Crippen molar-refractivity contribution in [1.82, 2.24) is 5.32 Å². The molecule has 4 heteroatoms. The molecule has 0 bridgehead atoms. The molecule has 0 aromatic heterocycles. The fraction of sp³-hybridized carbons (Fsp3) is 1.00. The van der Waals surface area contributed by atoms with Crippen molar-refractivity contribution < 1.29 is 8.42 Å². The summed E-state index contributed by atoms with van der Waals surface area (Å²) in [6, 6.07) is 0.567. The first-order valence-corrected chi connectivity index (χ1v) is 8.38. The van der Waals surface area contributed by atoms with Gasteiger partial charge < -0.3 is 5.32 Å². The van der Waals surface area contributed by atoms with Crippen LogP contribution in [0.2, 0.25) is 0 Å². The minimum atomic E-state index is -2.71. The topological polar surface area (TPSA) is 46.2 Å². The van der Waals surface area contributed by atoms with Gasteiger partial charge >= 0.3 is 0 Å². The van der Waals surface area contributed by atoms with Crippen LogP contribution in [0.15, 0.2) is 0 Å². The van der Waals surface area contributed by atoms with Gasteiger partial charge in [0, 0.05) is 6.04 Å². The van der Waals surface area contributed by atoms with Crippen LogP contribution in [0.4, 0.5) is 0 Å². The predicted octanol–water partition coefficient (Wildman–Crippen LogP) is 1.59. The van der Waals surface area contributed by atoms with Crippen LogP contribution in [-0.4, -0.2) is 32.5 Å². The molecule has 0 aromatic rings. The summed E-state index contributed by atoms with van der Waals surface area (Å²) in [6.07, 6.45) is 5.93. The van der Waals surface area contributed by atoms with Crippen molar-refractivity contribution in [3.05, 3.63) is 0 Å². The van der Waals surface area contributed by atoms with Gasteiger partial charge in [-0.05, 0) is 37.6 Å². The van der Waals surface area contributed by atoms with Crippen LogP contribution in [0.3, 0.4) is 0 Å². The molecule has 1 aliphatic heterocycles. The SMILES string of the molecule is CCNC1CCCCC1C1CCS(=O)(=O)C1. The van der Waals surface area contributed by atoms with Crippen LogP contribution >= 0.6 is 0 Å². The van der Waals surface area contributed by atoms with Gasteiger partial charge in [-0.3, -0.25) is 0 Å². The maximum absolute atomic E-state index is 11.5. The number of rotatable bonds is 3. The molecule has 1 heterocycles. The molecule has 3 nitrogen and oxygen atoms in total. The molecule has 0 aromatic carbocycles. The Hall–Kier alpha value is -0.0900. The molecule has 0 radical (unpaired) electrons. The summed E-state index contributed by atoms with van der Waals surface area (Å²) in [7, 11) is -2.71. The van der Waals surface area contributed by atoms with E-state index in [2.05, 4.69) is 12.2 Å². The van der Waals surface area contributed by atoms with Crippen molar-refractivity contribution in [3.8, 4) is 0 Å². The summed E-state index contributed by atoms with van der Waals surface area (Å²) in [4.78, 5) is 0. The smallest absolute Gasteiger partial charge is 0.150 e. The van der Waals surface area contributed by atoms with E-state index >= 15 is 0 Å². The molecule has 0 amide bonds. The van der Waals surface area contributed by atoms with Crippen molar-refractivity contribution in [2.24, 2.45) is 11.8 Å². The molecule has 2 fully saturated rings. The van der Waals surface area contributed by atoms with Crippen LogP contribution in [0, 0.1) is 11.8 Å². The van der Waals surface area contributed by atoms with Crippen LogP contribution in [-0.2, 0) is 9.84 Å². The molecule has 1 N–H and O–H groups in total. The van der Waals surface area contributed by atoms with E-state index < -0.39 is 9.84 Å². The second-order valence-corrected chi connectivity index (χ2v) is 7.50. The third kappa shape index (κ3) is 2.77. The summed E-state index contributed by atoms with van der Waals surface area (Å²) < 4.78 is 23.1. The van der Waals surface area contributed by atoms with Gasteiger partial charge in [-0.25, -0.2) is 8.42 Å². The van der Waals surface area contributed by atoms with E-state index in [1.807, 2.05) is 0 Å². The van der Waals surface area contributed by atoms with Gasteiger partial charge in [-0.2, -0.15) is 0 Å². The van der Waals surface area contributed by atoms with Gasteiger partial charge in [0.1, 0.15) is 0 Å². The van der Waals surface area contributed by atoms with E-state index in [9.17, 15) is 8.42 Å². The van der Waals surface area contributed by atoms with Crippen molar-refractivity contribution >= 4 is 9.84 Å². The Bertz CT molecular complexity index is 324. The van der Waals surface area contributed by atoms with Gasteiger partial charge in [-0.1, -0.05) is 19.8 Å². The Morgan fingerprint density at radius 3 is 2.56 bits per heavy atom. The molecule has 1 saturated carbocycles. The van der Waals surface area contributed by atoms with Gasteiger partial charge in [0.2, 0.25) is 0 Å². The van der Waals surface area contributed by atoms with E-state index in [-0.39, 0.29) is 0 Å². The van der Waals surface area contributed by atoms with Gasteiger partial charge in [0.25, 0.3) is 0 Å². The maximum Gasteiger partial charge on any atom is 0.150 e.